The Bertz CT molecular complexity index is 350. The van der Waals surface area contributed by atoms with Gasteiger partial charge in [-0.15, -0.1) is 0 Å². The van der Waals surface area contributed by atoms with E-state index in [2.05, 4.69) is 41.5 Å². The van der Waals surface area contributed by atoms with Crippen LogP contribution >= 0.6 is 0 Å². The molecule has 0 saturated heterocycles. The lowest BCUT2D eigenvalue weighted by molar-refractivity contribution is 0.0525. The summed E-state index contributed by atoms with van der Waals surface area (Å²) in [6.45, 7) is 12.8. The lowest BCUT2D eigenvalue weighted by Gasteiger charge is -2.45. The summed E-state index contributed by atoms with van der Waals surface area (Å²) in [7, 11) is 0. The van der Waals surface area contributed by atoms with Gasteiger partial charge in [0.2, 0.25) is 0 Å². The molecule has 0 radical (unpaired) electrons. The minimum Gasteiger partial charge on any atom is -0.508 e. The minimum atomic E-state index is -0.276. The smallest absolute Gasteiger partial charge is 0.115 e. The quantitative estimate of drug-likeness (QED) is 0.729. The van der Waals surface area contributed by atoms with Crippen LogP contribution in [0.4, 0.5) is 0 Å². The molecule has 0 bridgehead atoms. The van der Waals surface area contributed by atoms with Gasteiger partial charge in [-0.05, 0) is 28.9 Å². The van der Waals surface area contributed by atoms with Gasteiger partial charge in [-0.2, -0.15) is 0 Å². The van der Waals surface area contributed by atoms with Gasteiger partial charge in [0, 0.05) is 5.41 Å². The molecule has 0 aromatic heterocycles. The van der Waals surface area contributed by atoms with Gasteiger partial charge in [0.05, 0.1) is 6.61 Å². The Labute approximate surface area is 105 Å². The second-order valence-corrected chi connectivity index (χ2v) is 7.19. The van der Waals surface area contributed by atoms with Crippen molar-refractivity contribution in [1.82, 2.24) is 0 Å². The molecule has 0 heterocycles. The Morgan fingerprint density at radius 2 is 1.71 bits per heavy atom. The van der Waals surface area contributed by atoms with Crippen molar-refractivity contribution in [3.8, 4) is 0 Å². The maximum absolute atomic E-state index is 10.0. The zero-order chi connectivity index (χ0) is 13.5. The zero-order valence-corrected chi connectivity index (χ0v) is 12.0. The number of hydrogen-bond acceptors (Lipinski definition) is 2. The third-order valence-corrected chi connectivity index (χ3v) is 4.04. The van der Waals surface area contributed by atoms with E-state index in [1.54, 1.807) is 6.08 Å². The largest absolute Gasteiger partial charge is 0.508 e. The van der Waals surface area contributed by atoms with Gasteiger partial charge in [-0.1, -0.05) is 47.6 Å². The molecule has 17 heavy (non-hydrogen) atoms. The number of rotatable bonds is 1. The molecular weight excluding hydrogens is 212 g/mol. The van der Waals surface area contributed by atoms with Crippen molar-refractivity contribution in [3.05, 3.63) is 23.5 Å². The summed E-state index contributed by atoms with van der Waals surface area (Å²) in [6, 6.07) is 0. The fraction of sp³-hybridized carbons (Fsp3) is 0.733. The van der Waals surface area contributed by atoms with Crippen LogP contribution in [0.25, 0.3) is 0 Å². The highest BCUT2D eigenvalue weighted by Crippen LogP contribution is 2.50. The molecule has 0 aromatic rings. The predicted molar refractivity (Wildman–Crippen MR) is 71.8 cm³/mol. The molecule has 2 N–H and O–H groups in total. The molecule has 1 atom stereocenters. The summed E-state index contributed by atoms with van der Waals surface area (Å²) in [5.74, 6) is 0.367. The van der Waals surface area contributed by atoms with E-state index in [1.807, 2.05) is 6.08 Å². The number of aliphatic hydroxyl groups is 2. The van der Waals surface area contributed by atoms with Crippen LogP contribution in [-0.4, -0.2) is 16.8 Å². The van der Waals surface area contributed by atoms with Crippen LogP contribution in [0.5, 0.6) is 0 Å². The molecule has 1 aliphatic rings. The van der Waals surface area contributed by atoms with Crippen LogP contribution in [0, 0.1) is 16.2 Å². The average Bonchev–Trinajstić information content (AvgIpc) is 2.15. The molecule has 0 spiro atoms. The first kappa shape index (κ1) is 14.3. The van der Waals surface area contributed by atoms with Crippen LogP contribution in [-0.2, 0) is 0 Å². The predicted octanol–water partition coefficient (Wildman–Crippen LogP) is 3.83. The number of hydrogen-bond donors (Lipinski definition) is 2. The van der Waals surface area contributed by atoms with E-state index in [0.717, 1.165) is 12.0 Å². The summed E-state index contributed by atoms with van der Waals surface area (Å²) >= 11 is 0. The Balaban J connectivity index is 3.20. The van der Waals surface area contributed by atoms with Gasteiger partial charge in [0.25, 0.3) is 0 Å². The first-order valence-electron chi connectivity index (χ1n) is 6.26. The highest BCUT2D eigenvalue weighted by molar-refractivity contribution is 5.33. The van der Waals surface area contributed by atoms with Crippen molar-refractivity contribution in [1.29, 1.82) is 0 Å². The van der Waals surface area contributed by atoms with E-state index in [4.69, 9.17) is 0 Å². The Morgan fingerprint density at radius 3 is 2.06 bits per heavy atom. The number of allylic oxidation sites excluding steroid dienone is 2. The molecule has 0 amide bonds. The molecule has 0 aliphatic heterocycles. The normalized spacial score (nSPS) is 26.5. The van der Waals surface area contributed by atoms with Gasteiger partial charge in [0.15, 0.2) is 0 Å². The van der Waals surface area contributed by atoms with Crippen LogP contribution in [0.15, 0.2) is 23.5 Å². The summed E-state index contributed by atoms with van der Waals surface area (Å²) in [5, 5.41) is 19.8. The molecule has 0 aromatic carbocycles. The van der Waals surface area contributed by atoms with E-state index in [-0.39, 0.29) is 22.9 Å². The average molecular weight is 238 g/mol. The fourth-order valence-electron chi connectivity index (χ4n) is 2.31. The second-order valence-electron chi connectivity index (χ2n) is 7.19. The monoisotopic (exact) mass is 238 g/mol. The molecule has 1 unspecified atom stereocenters. The molecule has 2 nitrogen and oxygen atoms in total. The number of aliphatic hydroxyl groups excluding tert-OH is 2. The Kier molecular flexibility index (Phi) is 3.50. The lowest BCUT2D eigenvalue weighted by Crippen LogP contribution is -2.40. The summed E-state index contributed by atoms with van der Waals surface area (Å²) in [4.78, 5) is 0. The summed E-state index contributed by atoms with van der Waals surface area (Å²) in [5.41, 5.74) is 0.654. The lowest BCUT2D eigenvalue weighted by atomic mass is 9.60. The summed E-state index contributed by atoms with van der Waals surface area (Å²) < 4.78 is 0. The Hall–Kier alpha value is -0.760. The van der Waals surface area contributed by atoms with Crippen LogP contribution in [0.2, 0.25) is 0 Å². The molecule has 1 aliphatic carbocycles. The molecular formula is C15H26O2. The van der Waals surface area contributed by atoms with Crippen LogP contribution < -0.4 is 0 Å². The first-order chi connectivity index (χ1) is 7.53. The topological polar surface area (TPSA) is 40.5 Å². The summed E-state index contributed by atoms with van der Waals surface area (Å²) in [6.07, 6.45) is 4.45. The molecule has 2 heteroatoms. The van der Waals surface area contributed by atoms with Crippen LogP contribution in [0.1, 0.15) is 48.0 Å². The Morgan fingerprint density at radius 1 is 1.18 bits per heavy atom. The highest BCUT2D eigenvalue weighted by Gasteiger charge is 2.43. The van der Waals surface area contributed by atoms with Crippen molar-refractivity contribution in [2.75, 3.05) is 6.61 Å². The van der Waals surface area contributed by atoms with Crippen molar-refractivity contribution in [2.24, 2.45) is 16.2 Å². The standard InChI is InChI=1S/C15H26O2/c1-13(2,3)11-9-15(10-16,14(4,5)6)8-7-12(11)17/h7-8,16-17H,9-10H2,1-6H3. The van der Waals surface area contributed by atoms with Gasteiger partial charge < -0.3 is 10.2 Å². The third-order valence-electron chi connectivity index (χ3n) is 4.04. The maximum atomic E-state index is 10.0. The SMILES string of the molecule is CC(C)(C)C1=C(O)C=CC(CO)(C(C)(C)C)C1. The van der Waals surface area contributed by atoms with Gasteiger partial charge >= 0.3 is 0 Å². The van der Waals surface area contributed by atoms with E-state index in [1.165, 1.54) is 0 Å². The fourth-order valence-corrected chi connectivity index (χ4v) is 2.31. The first-order valence-corrected chi connectivity index (χ1v) is 6.26. The minimum absolute atomic E-state index is 0.0323. The van der Waals surface area contributed by atoms with E-state index in [9.17, 15) is 10.2 Å². The molecule has 0 fully saturated rings. The highest BCUT2D eigenvalue weighted by atomic mass is 16.3. The third kappa shape index (κ3) is 2.57. The van der Waals surface area contributed by atoms with Gasteiger partial charge in [-0.25, -0.2) is 0 Å². The molecule has 0 saturated carbocycles. The van der Waals surface area contributed by atoms with Gasteiger partial charge in [-0.3, -0.25) is 0 Å². The van der Waals surface area contributed by atoms with Gasteiger partial charge in [0.1, 0.15) is 5.76 Å². The van der Waals surface area contributed by atoms with E-state index in [0.29, 0.717) is 5.76 Å². The van der Waals surface area contributed by atoms with Crippen molar-refractivity contribution < 1.29 is 10.2 Å². The van der Waals surface area contributed by atoms with E-state index >= 15 is 0 Å². The maximum Gasteiger partial charge on any atom is 0.115 e. The van der Waals surface area contributed by atoms with Crippen molar-refractivity contribution >= 4 is 0 Å². The second kappa shape index (κ2) is 4.16. The molecule has 98 valence electrons. The molecule has 1 rings (SSSR count). The van der Waals surface area contributed by atoms with E-state index < -0.39 is 0 Å². The zero-order valence-electron chi connectivity index (χ0n) is 12.0. The van der Waals surface area contributed by atoms with Crippen molar-refractivity contribution in [2.45, 2.75) is 48.0 Å². The van der Waals surface area contributed by atoms with Crippen LogP contribution in [0.3, 0.4) is 0 Å². The van der Waals surface area contributed by atoms with Crippen molar-refractivity contribution in [3.63, 3.8) is 0 Å².